The van der Waals surface area contributed by atoms with E-state index in [2.05, 4.69) is 38.2 Å². The number of quaternary nitrogens is 1. The molecule has 0 spiro atoms. The van der Waals surface area contributed by atoms with Crippen LogP contribution in [0.15, 0.2) is 24.3 Å². The highest BCUT2D eigenvalue weighted by molar-refractivity contribution is 7.47. The first-order valence-corrected chi connectivity index (χ1v) is 28.7. The van der Waals surface area contributed by atoms with E-state index in [1.165, 1.54) is 154 Å². The predicted octanol–water partition coefficient (Wildman–Crippen LogP) is 15.8. The molecule has 3 unspecified atom stereocenters. The molecule has 0 aliphatic rings. The Hall–Kier alpha value is -1.51. The van der Waals surface area contributed by atoms with Crippen LogP contribution >= 0.6 is 7.82 Å². The molecule has 1 amide bonds. The molecule has 0 radical (unpaired) electrons. The second-order valence-electron chi connectivity index (χ2n) is 19.8. The number of phosphoric ester groups is 1. The van der Waals surface area contributed by atoms with Crippen molar-refractivity contribution in [2.75, 3.05) is 40.9 Å². The van der Waals surface area contributed by atoms with Crippen LogP contribution < -0.4 is 5.32 Å². The molecule has 378 valence electrons. The molecular formula is C54H106N2O7P+. The maximum atomic E-state index is 13.4. The first kappa shape index (κ1) is 62.5. The van der Waals surface area contributed by atoms with Gasteiger partial charge < -0.3 is 19.4 Å². The number of amides is 1. The van der Waals surface area contributed by atoms with Gasteiger partial charge in [-0.2, -0.15) is 0 Å². The average molecular weight is 926 g/mol. The van der Waals surface area contributed by atoms with E-state index in [1.807, 2.05) is 33.3 Å². The topological polar surface area (TPSA) is 111 Å². The van der Waals surface area contributed by atoms with Gasteiger partial charge in [0.2, 0.25) is 5.91 Å². The normalized spacial score (nSPS) is 14.0. The van der Waals surface area contributed by atoms with Crippen LogP contribution in [0.4, 0.5) is 0 Å². The Morgan fingerprint density at radius 1 is 0.531 bits per heavy atom. The van der Waals surface area contributed by atoms with Crippen LogP contribution in [0.5, 0.6) is 0 Å². The lowest BCUT2D eigenvalue weighted by Gasteiger charge is -2.27. The molecule has 64 heavy (non-hydrogen) atoms. The van der Waals surface area contributed by atoms with E-state index in [-0.39, 0.29) is 25.1 Å². The maximum Gasteiger partial charge on any atom is 0.472 e. The van der Waals surface area contributed by atoms with Crippen LogP contribution in [0, 0.1) is 0 Å². The largest absolute Gasteiger partial charge is 0.472 e. The summed E-state index contributed by atoms with van der Waals surface area (Å²) < 4.78 is 30.5. The lowest BCUT2D eigenvalue weighted by Crippen LogP contribution is -2.47. The number of hydrogen-bond donors (Lipinski definition) is 2. The van der Waals surface area contributed by atoms with Crippen LogP contribution in [0.3, 0.4) is 0 Å². The Morgan fingerprint density at radius 3 is 1.34 bits per heavy atom. The molecule has 3 atom stereocenters. The molecule has 9 nitrogen and oxygen atoms in total. The third-order valence-electron chi connectivity index (χ3n) is 12.1. The van der Waals surface area contributed by atoms with Crippen LogP contribution in [0.2, 0.25) is 0 Å². The number of rotatable bonds is 49. The molecule has 2 N–H and O–H groups in total. The summed E-state index contributed by atoms with van der Waals surface area (Å²) in [5, 5.41) is 3.03. The number of carbonyl (C=O) groups is 2. The number of nitrogens with one attached hydrogen (secondary N) is 1. The van der Waals surface area contributed by atoms with Gasteiger partial charge >= 0.3 is 13.8 Å². The maximum absolute atomic E-state index is 13.4. The van der Waals surface area contributed by atoms with E-state index >= 15 is 0 Å². The smallest absolute Gasteiger partial charge is 0.456 e. The Morgan fingerprint density at radius 2 is 0.906 bits per heavy atom. The standard InChI is InChI=1S/C54H105N2O7P/c1-7-10-13-16-19-22-25-27-29-31-34-37-40-43-46-53(57)55-51(50-62-64(59,60)61-49-48-56(4,5)6)52(45-42-39-36-33-30-24-21-18-15-12-9-3)63-54(58)47-44-41-38-35-32-28-26-23-20-17-14-11-8-2/h29,31,42,45,51-52H,7-28,30,32-41,43-44,46-50H2,1-6H3,(H-,55,57,59,60)/p+1/b31-29-,45-42+. The van der Waals surface area contributed by atoms with E-state index in [9.17, 15) is 19.0 Å². The van der Waals surface area contributed by atoms with Crippen molar-refractivity contribution in [1.29, 1.82) is 0 Å². The van der Waals surface area contributed by atoms with Crippen LogP contribution in [-0.2, 0) is 27.9 Å². The molecule has 10 heteroatoms. The molecule has 0 aromatic carbocycles. The van der Waals surface area contributed by atoms with E-state index in [4.69, 9.17) is 13.8 Å². The number of esters is 1. The first-order chi connectivity index (χ1) is 30.9. The van der Waals surface area contributed by atoms with Gasteiger partial charge in [-0.25, -0.2) is 4.57 Å². The van der Waals surface area contributed by atoms with Gasteiger partial charge in [-0.1, -0.05) is 212 Å². The number of ether oxygens (including phenoxy) is 1. The predicted molar refractivity (Wildman–Crippen MR) is 273 cm³/mol. The van der Waals surface area contributed by atoms with Gasteiger partial charge in [0.1, 0.15) is 19.3 Å². The number of allylic oxidation sites excluding steroid dienone is 3. The highest BCUT2D eigenvalue weighted by Crippen LogP contribution is 2.43. The minimum Gasteiger partial charge on any atom is -0.456 e. The zero-order valence-electron chi connectivity index (χ0n) is 43.0. The summed E-state index contributed by atoms with van der Waals surface area (Å²) >= 11 is 0. The fraction of sp³-hybridized carbons (Fsp3) is 0.889. The van der Waals surface area contributed by atoms with Gasteiger partial charge in [0.25, 0.3) is 0 Å². The van der Waals surface area contributed by atoms with Gasteiger partial charge in [0, 0.05) is 12.8 Å². The van der Waals surface area contributed by atoms with Crippen molar-refractivity contribution < 1.29 is 37.3 Å². The summed E-state index contributed by atoms with van der Waals surface area (Å²) in [7, 11) is 1.50. The van der Waals surface area contributed by atoms with E-state index in [0.717, 1.165) is 70.6 Å². The van der Waals surface area contributed by atoms with Crippen LogP contribution in [0.1, 0.15) is 258 Å². The minimum absolute atomic E-state index is 0.0405. The Labute approximate surface area is 396 Å². The molecule has 0 fully saturated rings. The molecule has 0 aromatic rings. The molecule has 0 aliphatic heterocycles. The first-order valence-electron chi connectivity index (χ1n) is 27.2. The van der Waals surface area contributed by atoms with Gasteiger partial charge in [-0.15, -0.1) is 0 Å². The fourth-order valence-electron chi connectivity index (χ4n) is 7.88. The molecule has 0 saturated carbocycles. The number of unbranched alkanes of at least 4 members (excludes halogenated alkanes) is 31. The number of carbonyl (C=O) groups excluding carboxylic acids is 2. The summed E-state index contributed by atoms with van der Waals surface area (Å²) in [4.78, 5) is 37.4. The molecule has 0 aliphatic carbocycles. The Balaban J connectivity index is 5.39. The second kappa shape index (κ2) is 45.3. The van der Waals surface area contributed by atoms with Crippen molar-refractivity contribution >= 4 is 19.7 Å². The molecule has 0 rings (SSSR count). The SMILES string of the molecule is CCCCCCCCC/C=C\CCCCCC(=O)NC(COP(=O)(O)OCC[N+](C)(C)C)C(/C=C/CCCCCCCCCCC)OC(=O)CCCCCCCCCCCCCCC. The number of phosphoric acid groups is 1. The van der Waals surface area contributed by atoms with Crippen molar-refractivity contribution in [2.45, 2.75) is 270 Å². The van der Waals surface area contributed by atoms with E-state index < -0.39 is 20.0 Å². The molecular weight excluding hydrogens is 820 g/mol. The zero-order valence-corrected chi connectivity index (χ0v) is 43.9. The van der Waals surface area contributed by atoms with E-state index in [1.54, 1.807) is 0 Å². The monoisotopic (exact) mass is 926 g/mol. The summed E-state index contributed by atoms with van der Waals surface area (Å²) in [5.41, 5.74) is 0. The van der Waals surface area contributed by atoms with Crippen molar-refractivity contribution in [3.8, 4) is 0 Å². The minimum atomic E-state index is -4.44. The molecule has 0 bridgehead atoms. The highest BCUT2D eigenvalue weighted by Gasteiger charge is 2.30. The van der Waals surface area contributed by atoms with E-state index in [0.29, 0.717) is 23.9 Å². The molecule has 0 saturated heterocycles. The second-order valence-corrected chi connectivity index (χ2v) is 21.2. The van der Waals surface area contributed by atoms with Gasteiger partial charge in [-0.05, 0) is 57.4 Å². The Bertz CT molecular complexity index is 1160. The van der Waals surface area contributed by atoms with Crippen molar-refractivity contribution in [3.63, 3.8) is 0 Å². The average Bonchev–Trinajstić information content (AvgIpc) is 3.25. The zero-order chi connectivity index (χ0) is 47.3. The lowest BCUT2D eigenvalue weighted by molar-refractivity contribution is -0.870. The third kappa shape index (κ3) is 45.6. The highest BCUT2D eigenvalue weighted by atomic mass is 31.2. The molecule has 0 aromatic heterocycles. The van der Waals surface area contributed by atoms with Crippen LogP contribution in [-0.4, -0.2) is 74.3 Å². The third-order valence-corrected chi connectivity index (χ3v) is 13.1. The Kier molecular flexibility index (Phi) is 44.2. The summed E-state index contributed by atoms with van der Waals surface area (Å²) in [5.74, 6) is -0.516. The van der Waals surface area contributed by atoms with Crippen LogP contribution in [0.25, 0.3) is 0 Å². The number of hydrogen-bond acceptors (Lipinski definition) is 6. The molecule has 0 heterocycles. The number of likely N-dealkylation sites (N-methyl/N-ethyl adjacent to an activating group) is 1. The summed E-state index contributed by atoms with van der Waals surface area (Å²) in [6.45, 7) is 7.00. The fourth-order valence-corrected chi connectivity index (χ4v) is 8.61. The van der Waals surface area contributed by atoms with Gasteiger partial charge in [-0.3, -0.25) is 18.6 Å². The van der Waals surface area contributed by atoms with Crippen molar-refractivity contribution in [1.82, 2.24) is 5.32 Å². The quantitative estimate of drug-likeness (QED) is 0.0205. The van der Waals surface area contributed by atoms with Gasteiger partial charge in [0.15, 0.2) is 0 Å². The van der Waals surface area contributed by atoms with Crippen molar-refractivity contribution in [3.05, 3.63) is 24.3 Å². The van der Waals surface area contributed by atoms with Crippen molar-refractivity contribution in [2.24, 2.45) is 0 Å². The summed E-state index contributed by atoms with van der Waals surface area (Å²) in [6.07, 6.45) is 50.2. The lowest BCUT2D eigenvalue weighted by atomic mass is 10.0. The van der Waals surface area contributed by atoms with Gasteiger partial charge in [0.05, 0.1) is 33.8 Å². The summed E-state index contributed by atoms with van der Waals surface area (Å²) in [6, 6.07) is -0.848. The number of nitrogens with zero attached hydrogens (tertiary/aromatic N) is 1.